The SMILES string of the molecule is Cc1cccc(-c2noc(CCNS(=O)(=O)c3cccc([N+](=O)[O-])c3)n2)c1. The highest BCUT2D eigenvalue weighted by Crippen LogP contribution is 2.18. The average Bonchev–Trinajstić information content (AvgIpc) is 3.10. The standard InChI is InChI=1S/C17H16N4O5S/c1-12-4-2-5-13(10-12)17-19-16(26-20-17)8-9-18-27(24,25)15-7-3-6-14(11-15)21(22)23/h2-7,10-11,18H,8-9H2,1H3. The van der Waals surface area contributed by atoms with Gasteiger partial charge in [0.25, 0.3) is 5.69 Å². The third-order valence-electron chi connectivity index (χ3n) is 3.71. The van der Waals surface area contributed by atoms with Crippen molar-refractivity contribution in [1.82, 2.24) is 14.9 Å². The molecule has 9 nitrogen and oxygen atoms in total. The molecule has 0 fully saturated rings. The highest BCUT2D eigenvalue weighted by Gasteiger charge is 2.18. The molecule has 27 heavy (non-hydrogen) atoms. The maximum atomic E-state index is 12.3. The molecule has 2 aromatic carbocycles. The molecule has 140 valence electrons. The second-order valence-corrected chi connectivity index (χ2v) is 7.55. The van der Waals surface area contributed by atoms with Crippen molar-refractivity contribution in [2.45, 2.75) is 18.2 Å². The van der Waals surface area contributed by atoms with Crippen LogP contribution in [0.25, 0.3) is 11.4 Å². The first kappa shape index (κ1) is 18.7. The topological polar surface area (TPSA) is 128 Å². The summed E-state index contributed by atoms with van der Waals surface area (Å²) in [4.78, 5) is 14.2. The van der Waals surface area contributed by atoms with E-state index in [0.717, 1.165) is 17.2 Å². The average molecular weight is 388 g/mol. The van der Waals surface area contributed by atoms with Crippen molar-refractivity contribution < 1.29 is 17.9 Å². The van der Waals surface area contributed by atoms with Crippen molar-refractivity contribution in [2.75, 3.05) is 6.54 Å². The van der Waals surface area contributed by atoms with E-state index in [1.165, 1.54) is 18.2 Å². The molecule has 3 rings (SSSR count). The van der Waals surface area contributed by atoms with E-state index in [9.17, 15) is 18.5 Å². The number of nitro benzene ring substituents is 1. The summed E-state index contributed by atoms with van der Waals surface area (Å²) in [7, 11) is -3.88. The van der Waals surface area contributed by atoms with E-state index in [1.807, 2.05) is 31.2 Å². The Bertz CT molecular complexity index is 1080. The maximum Gasteiger partial charge on any atom is 0.270 e. The lowest BCUT2D eigenvalue weighted by molar-refractivity contribution is -0.385. The second kappa shape index (κ2) is 7.64. The van der Waals surface area contributed by atoms with Gasteiger partial charge in [0, 0.05) is 30.7 Å². The van der Waals surface area contributed by atoms with Gasteiger partial charge in [0.15, 0.2) is 0 Å². The third-order valence-corrected chi connectivity index (χ3v) is 5.17. The molecule has 0 amide bonds. The van der Waals surface area contributed by atoms with Crippen LogP contribution in [0.1, 0.15) is 11.5 Å². The number of sulfonamides is 1. The Labute approximate surface area is 155 Å². The van der Waals surface area contributed by atoms with Crippen LogP contribution in [0.2, 0.25) is 0 Å². The van der Waals surface area contributed by atoms with Crippen molar-refractivity contribution in [3.05, 3.63) is 70.1 Å². The summed E-state index contributed by atoms with van der Waals surface area (Å²) in [5.41, 5.74) is 1.57. The van der Waals surface area contributed by atoms with Crippen molar-refractivity contribution >= 4 is 15.7 Å². The predicted octanol–water partition coefficient (Wildman–Crippen LogP) is 2.47. The minimum atomic E-state index is -3.88. The minimum Gasteiger partial charge on any atom is -0.339 e. The Morgan fingerprint density at radius 2 is 1.96 bits per heavy atom. The number of rotatable bonds is 7. The molecule has 10 heteroatoms. The lowest BCUT2D eigenvalue weighted by atomic mass is 10.1. The first-order chi connectivity index (χ1) is 12.8. The van der Waals surface area contributed by atoms with E-state index in [4.69, 9.17) is 4.52 Å². The van der Waals surface area contributed by atoms with E-state index in [0.29, 0.717) is 5.82 Å². The zero-order valence-electron chi connectivity index (χ0n) is 14.3. The van der Waals surface area contributed by atoms with Crippen LogP contribution in [0.4, 0.5) is 5.69 Å². The monoisotopic (exact) mass is 388 g/mol. The van der Waals surface area contributed by atoms with Gasteiger partial charge in [-0.2, -0.15) is 4.98 Å². The summed E-state index contributed by atoms with van der Waals surface area (Å²) < 4.78 is 32.0. The van der Waals surface area contributed by atoms with Gasteiger partial charge in [0.2, 0.25) is 21.7 Å². The van der Waals surface area contributed by atoms with E-state index in [-0.39, 0.29) is 29.4 Å². The van der Waals surface area contributed by atoms with E-state index < -0.39 is 14.9 Å². The summed E-state index contributed by atoms with van der Waals surface area (Å²) in [5, 5.41) is 14.7. The van der Waals surface area contributed by atoms with E-state index >= 15 is 0 Å². The van der Waals surface area contributed by atoms with Gasteiger partial charge in [-0.05, 0) is 19.1 Å². The fraction of sp³-hybridized carbons (Fsp3) is 0.176. The lowest BCUT2D eigenvalue weighted by Gasteiger charge is -2.05. The smallest absolute Gasteiger partial charge is 0.270 e. The number of nitro groups is 1. The van der Waals surface area contributed by atoms with Gasteiger partial charge < -0.3 is 4.52 Å². The molecule has 0 unspecified atom stereocenters. The number of hydrogen-bond acceptors (Lipinski definition) is 7. The van der Waals surface area contributed by atoms with Gasteiger partial charge in [-0.1, -0.05) is 35.0 Å². The van der Waals surface area contributed by atoms with Crippen LogP contribution < -0.4 is 4.72 Å². The fourth-order valence-electron chi connectivity index (χ4n) is 2.40. The van der Waals surface area contributed by atoms with Gasteiger partial charge in [-0.15, -0.1) is 0 Å². The number of hydrogen-bond donors (Lipinski definition) is 1. The van der Waals surface area contributed by atoms with Gasteiger partial charge in [0.05, 0.1) is 9.82 Å². The zero-order valence-corrected chi connectivity index (χ0v) is 15.1. The summed E-state index contributed by atoms with van der Waals surface area (Å²) in [5.74, 6) is 0.712. The zero-order chi connectivity index (χ0) is 19.4. The van der Waals surface area contributed by atoms with Crippen LogP contribution >= 0.6 is 0 Å². The number of aromatic nitrogens is 2. The molecular formula is C17H16N4O5S. The molecule has 0 radical (unpaired) electrons. The molecule has 1 N–H and O–H groups in total. The van der Waals surface area contributed by atoms with Crippen LogP contribution in [0.3, 0.4) is 0 Å². The first-order valence-corrected chi connectivity index (χ1v) is 9.47. The van der Waals surface area contributed by atoms with Crippen molar-refractivity contribution in [3.63, 3.8) is 0 Å². The number of benzene rings is 2. The van der Waals surface area contributed by atoms with Crippen LogP contribution in [-0.2, 0) is 16.4 Å². The molecule has 0 aliphatic carbocycles. The largest absolute Gasteiger partial charge is 0.339 e. The molecule has 0 aliphatic rings. The van der Waals surface area contributed by atoms with Crippen LogP contribution in [0.15, 0.2) is 57.9 Å². The Kier molecular flexibility index (Phi) is 5.28. The molecule has 0 bridgehead atoms. The normalized spacial score (nSPS) is 11.4. The van der Waals surface area contributed by atoms with Crippen molar-refractivity contribution in [1.29, 1.82) is 0 Å². The molecule has 0 atom stereocenters. The first-order valence-electron chi connectivity index (χ1n) is 7.99. The Hall–Kier alpha value is -3.11. The van der Waals surface area contributed by atoms with Crippen LogP contribution in [-0.4, -0.2) is 30.0 Å². The van der Waals surface area contributed by atoms with Crippen molar-refractivity contribution in [2.24, 2.45) is 0 Å². The Morgan fingerprint density at radius 1 is 1.19 bits per heavy atom. The fourth-order valence-corrected chi connectivity index (χ4v) is 3.47. The Morgan fingerprint density at radius 3 is 2.70 bits per heavy atom. The van der Waals surface area contributed by atoms with Gasteiger partial charge >= 0.3 is 0 Å². The molecule has 1 heterocycles. The molecule has 0 spiro atoms. The predicted molar refractivity (Wildman–Crippen MR) is 96.5 cm³/mol. The molecule has 3 aromatic rings. The summed E-state index contributed by atoms with van der Waals surface area (Å²) >= 11 is 0. The summed E-state index contributed by atoms with van der Waals surface area (Å²) in [6, 6.07) is 12.4. The number of non-ortho nitro benzene ring substituents is 1. The third kappa shape index (κ3) is 4.54. The summed E-state index contributed by atoms with van der Waals surface area (Å²) in [6.07, 6.45) is 0.187. The molecule has 0 saturated heterocycles. The van der Waals surface area contributed by atoms with Crippen molar-refractivity contribution in [3.8, 4) is 11.4 Å². The summed E-state index contributed by atoms with van der Waals surface area (Å²) in [6.45, 7) is 1.97. The van der Waals surface area contributed by atoms with Crippen LogP contribution in [0.5, 0.6) is 0 Å². The van der Waals surface area contributed by atoms with E-state index in [2.05, 4.69) is 14.9 Å². The molecular weight excluding hydrogens is 372 g/mol. The van der Waals surface area contributed by atoms with Gasteiger partial charge in [-0.3, -0.25) is 10.1 Å². The highest BCUT2D eigenvalue weighted by molar-refractivity contribution is 7.89. The Balaban J connectivity index is 1.64. The number of aryl methyl sites for hydroxylation is 1. The van der Waals surface area contributed by atoms with Gasteiger partial charge in [-0.25, -0.2) is 13.1 Å². The van der Waals surface area contributed by atoms with Gasteiger partial charge in [0.1, 0.15) is 0 Å². The molecule has 1 aromatic heterocycles. The molecule has 0 saturated carbocycles. The highest BCUT2D eigenvalue weighted by atomic mass is 32.2. The lowest BCUT2D eigenvalue weighted by Crippen LogP contribution is -2.26. The van der Waals surface area contributed by atoms with E-state index in [1.54, 1.807) is 0 Å². The quantitative estimate of drug-likeness (QED) is 0.486. The second-order valence-electron chi connectivity index (χ2n) is 5.78. The minimum absolute atomic E-state index is 0.0144. The number of nitrogens with one attached hydrogen (secondary N) is 1. The maximum absolute atomic E-state index is 12.3. The molecule has 0 aliphatic heterocycles. The number of nitrogens with zero attached hydrogens (tertiary/aromatic N) is 3. The van der Waals surface area contributed by atoms with Crippen LogP contribution in [0, 0.1) is 17.0 Å².